The third kappa shape index (κ3) is 1.48. The highest BCUT2D eigenvalue weighted by atomic mass is 15.0. The van der Waals surface area contributed by atoms with Crippen LogP contribution in [0.25, 0.3) is 10.9 Å². The van der Waals surface area contributed by atoms with Gasteiger partial charge in [-0.25, -0.2) is 4.98 Å². The fourth-order valence-corrected chi connectivity index (χ4v) is 1.46. The Morgan fingerprint density at radius 3 is 2.93 bits per heavy atom. The maximum atomic E-state index is 5.82. The fourth-order valence-electron chi connectivity index (χ4n) is 1.46. The Labute approximate surface area is 83.0 Å². The van der Waals surface area contributed by atoms with E-state index in [1.54, 1.807) is 0 Å². The highest BCUT2D eigenvalue weighted by Crippen LogP contribution is 2.20. The number of hydrogen-bond acceptors (Lipinski definition) is 3. The Morgan fingerprint density at radius 2 is 2.14 bits per heavy atom. The van der Waals surface area contributed by atoms with Gasteiger partial charge >= 0.3 is 0 Å². The molecule has 3 nitrogen and oxygen atoms in total. The van der Waals surface area contributed by atoms with E-state index in [4.69, 9.17) is 5.73 Å². The first kappa shape index (κ1) is 8.81. The summed E-state index contributed by atoms with van der Waals surface area (Å²) in [4.78, 5) is 4.43. The summed E-state index contributed by atoms with van der Waals surface area (Å²) < 4.78 is 0. The molecule has 3 N–H and O–H groups in total. The molecule has 1 aromatic carbocycles. The van der Waals surface area contributed by atoms with Gasteiger partial charge in [0.05, 0.1) is 5.52 Å². The van der Waals surface area contributed by atoms with E-state index in [1.165, 1.54) is 0 Å². The zero-order valence-corrected chi connectivity index (χ0v) is 8.12. The minimum Gasteiger partial charge on any atom is -0.398 e. The third-order valence-corrected chi connectivity index (χ3v) is 2.12. The number of aromatic nitrogens is 1. The van der Waals surface area contributed by atoms with E-state index in [-0.39, 0.29) is 0 Å². The average Bonchev–Trinajstić information content (AvgIpc) is 2.18. The molecule has 0 saturated heterocycles. The molecule has 0 spiro atoms. The molecular formula is C11H13N3. The van der Waals surface area contributed by atoms with Crippen LogP contribution in [0.5, 0.6) is 0 Å². The van der Waals surface area contributed by atoms with E-state index in [0.29, 0.717) is 0 Å². The Balaban J connectivity index is 2.56. The van der Waals surface area contributed by atoms with E-state index in [1.807, 2.05) is 37.3 Å². The normalized spacial score (nSPS) is 10.4. The van der Waals surface area contributed by atoms with Gasteiger partial charge in [-0.2, -0.15) is 0 Å². The number of pyridine rings is 1. The molecule has 2 rings (SSSR count). The van der Waals surface area contributed by atoms with Crippen molar-refractivity contribution >= 4 is 22.4 Å². The van der Waals surface area contributed by atoms with Crippen LogP contribution in [0.2, 0.25) is 0 Å². The second-order valence-electron chi connectivity index (χ2n) is 3.14. The summed E-state index contributed by atoms with van der Waals surface area (Å²) in [7, 11) is 0. The zero-order chi connectivity index (χ0) is 9.97. The van der Waals surface area contributed by atoms with Gasteiger partial charge in [0.2, 0.25) is 0 Å². The van der Waals surface area contributed by atoms with Crippen LogP contribution < -0.4 is 11.1 Å². The number of nitrogen functional groups attached to an aromatic ring is 1. The van der Waals surface area contributed by atoms with Crippen LogP contribution in [0.3, 0.4) is 0 Å². The van der Waals surface area contributed by atoms with Gasteiger partial charge in [0.1, 0.15) is 5.82 Å². The topological polar surface area (TPSA) is 50.9 Å². The highest BCUT2D eigenvalue weighted by molar-refractivity contribution is 5.90. The lowest BCUT2D eigenvalue weighted by Crippen LogP contribution is -1.99. The van der Waals surface area contributed by atoms with E-state index >= 15 is 0 Å². The van der Waals surface area contributed by atoms with Crippen LogP contribution in [0.1, 0.15) is 6.92 Å². The van der Waals surface area contributed by atoms with Crippen LogP contribution >= 0.6 is 0 Å². The van der Waals surface area contributed by atoms with Gasteiger partial charge in [-0.3, -0.25) is 0 Å². The van der Waals surface area contributed by atoms with Crippen LogP contribution in [0.4, 0.5) is 11.5 Å². The zero-order valence-electron chi connectivity index (χ0n) is 8.12. The largest absolute Gasteiger partial charge is 0.398 e. The first-order valence-electron chi connectivity index (χ1n) is 4.70. The summed E-state index contributed by atoms with van der Waals surface area (Å²) in [5, 5.41) is 4.18. The summed E-state index contributed by atoms with van der Waals surface area (Å²) in [6.45, 7) is 2.92. The van der Waals surface area contributed by atoms with Crippen molar-refractivity contribution in [3.63, 3.8) is 0 Å². The Hall–Kier alpha value is -1.77. The van der Waals surface area contributed by atoms with Crippen molar-refractivity contribution in [3.05, 3.63) is 30.3 Å². The van der Waals surface area contributed by atoms with Crippen molar-refractivity contribution in [1.29, 1.82) is 0 Å². The Bertz CT molecular complexity index is 451. The van der Waals surface area contributed by atoms with Gasteiger partial charge in [-0.15, -0.1) is 0 Å². The molecule has 0 bridgehead atoms. The summed E-state index contributed by atoms with van der Waals surface area (Å²) >= 11 is 0. The van der Waals surface area contributed by atoms with Crippen molar-refractivity contribution in [3.8, 4) is 0 Å². The van der Waals surface area contributed by atoms with Gasteiger partial charge in [0.15, 0.2) is 0 Å². The lowest BCUT2D eigenvalue weighted by molar-refractivity contribution is 1.17. The summed E-state index contributed by atoms with van der Waals surface area (Å²) in [5.41, 5.74) is 7.53. The lowest BCUT2D eigenvalue weighted by Gasteiger charge is -2.05. The predicted molar refractivity (Wildman–Crippen MR) is 60.3 cm³/mol. The minimum absolute atomic E-state index is 0.776. The van der Waals surface area contributed by atoms with Crippen LogP contribution in [0, 0.1) is 0 Å². The number of nitrogens with zero attached hydrogens (tertiary/aromatic N) is 1. The van der Waals surface area contributed by atoms with Crippen molar-refractivity contribution in [2.24, 2.45) is 0 Å². The molecule has 0 fully saturated rings. The molecule has 0 saturated carbocycles. The van der Waals surface area contributed by atoms with Crippen molar-refractivity contribution in [1.82, 2.24) is 4.98 Å². The van der Waals surface area contributed by atoms with Crippen LogP contribution in [0.15, 0.2) is 30.3 Å². The number of benzene rings is 1. The molecule has 3 heteroatoms. The molecule has 0 aliphatic carbocycles. The SMILES string of the molecule is CCNc1ccc2c(N)cccc2n1. The number of fused-ring (bicyclic) bond motifs is 1. The first-order valence-corrected chi connectivity index (χ1v) is 4.70. The molecular weight excluding hydrogens is 174 g/mol. The molecule has 2 aromatic rings. The minimum atomic E-state index is 0.776. The van der Waals surface area contributed by atoms with Crippen molar-refractivity contribution < 1.29 is 0 Å². The molecule has 0 amide bonds. The molecule has 0 atom stereocenters. The van der Waals surface area contributed by atoms with E-state index in [9.17, 15) is 0 Å². The molecule has 0 aliphatic heterocycles. The van der Waals surface area contributed by atoms with Gasteiger partial charge in [-0.1, -0.05) is 6.07 Å². The summed E-state index contributed by atoms with van der Waals surface area (Å²) in [5.74, 6) is 0.894. The lowest BCUT2D eigenvalue weighted by atomic mass is 10.2. The molecule has 1 aromatic heterocycles. The average molecular weight is 187 g/mol. The van der Waals surface area contributed by atoms with Gasteiger partial charge in [0, 0.05) is 17.6 Å². The van der Waals surface area contributed by atoms with Crippen molar-refractivity contribution in [2.75, 3.05) is 17.6 Å². The number of nitrogens with one attached hydrogen (secondary N) is 1. The number of nitrogens with two attached hydrogens (primary N) is 1. The summed E-state index contributed by atoms with van der Waals surface area (Å²) in [6, 6.07) is 9.71. The van der Waals surface area contributed by atoms with Crippen molar-refractivity contribution in [2.45, 2.75) is 6.92 Å². The van der Waals surface area contributed by atoms with Gasteiger partial charge < -0.3 is 11.1 Å². The first-order chi connectivity index (χ1) is 6.81. The molecule has 72 valence electrons. The maximum absolute atomic E-state index is 5.82. The maximum Gasteiger partial charge on any atom is 0.126 e. The van der Waals surface area contributed by atoms with E-state index in [2.05, 4.69) is 10.3 Å². The number of anilines is 2. The van der Waals surface area contributed by atoms with Gasteiger partial charge in [0.25, 0.3) is 0 Å². The van der Waals surface area contributed by atoms with E-state index in [0.717, 1.165) is 29.0 Å². The Kier molecular flexibility index (Phi) is 2.23. The smallest absolute Gasteiger partial charge is 0.126 e. The second-order valence-corrected chi connectivity index (χ2v) is 3.14. The molecule has 1 heterocycles. The molecule has 0 unspecified atom stereocenters. The quantitative estimate of drug-likeness (QED) is 0.709. The highest BCUT2D eigenvalue weighted by Gasteiger charge is 1.99. The van der Waals surface area contributed by atoms with Crippen LogP contribution in [-0.4, -0.2) is 11.5 Å². The summed E-state index contributed by atoms with van der Waals surface area (Å²) in [6.07, 6.45) is 0. The number of rotatable bonds is 2. The fraction of sp³-hybridized carbons (Fsp3) is 0.182. The molecule has 14 heavy (non-hydrogen) atoms. The monoisotopic (exact) mass is 187 g/mol. The van der Waals surface area contributed by atoms with Crippen LogP contribution in [-0.2, 0) is 0 Å². The van der Waals surface area contributed by atoms with Gasteiger partial charge in [-0.05, 0) is 31.2 Å². The Morgan fingerprint density at radius 1 is 1.29 bits per heavy atom. The predicted octanol–water partition coefficient (Wildman–Crippen LogP) is 2.25. The molecule has 0 aliphatic rings. The second kappa shape index (κ2) is 3.54. The van der Waals surface area contributed by atoms with E-state index < -0.39 is 0 Å². The third-order valence-electron chi connectivity index (χ3n) is 2.12. The molecule has 0 radical (unpaired) electrons. The standard InChI is InChI=1S/C11H13N3/c1-2-13-11-7-6-8-9(12)4-3-5-10(8)14-11/h3-7H,2,12H2,1H3,(H,13,14). The number of hydrogen-bond donors (Lipinski definition) is 2.